The summed E-state index contributed by atoms with van der Waals surface area (Å²) in [7, 11) is -3.48. The van der Waals surface area contributed by atoms with Crippen molar-refractivity contribution in [2.24, 2.45) is 0 Å². The van der Waals surface area contributed by atoms with Crippen molar-refractivity contribution < 1.29 is 13.2 Å². The zero-order chi connectivity index (χ0) is 15.6. The summed E-state index contributed by atoms with van der Waals surface area (Å²) in [5.74, 6) is -0.378. The fourth-order valence-corrected chi connectivity index (χ4v) is 3.06. The molecule has 0 spiro atoms. The number of H-pyrrole nitrogens is 1. The van der Waals surface area contributed by atoms with E-state index in [1.807, 2.05) is 6.92 Å². The molecule has 6 nitrogen and oxygen atoms in total. The predicted molar refractivity (Wildman–Crippen MR) is 79.1 cm³/mol. The standard InChI is InChI=1S/C13H14ClN3O3S/c1-8-10(7-16-17-8)6-15-13(18)9-3-4-11(14)12(5-9)21(2,19)20/h3-5,7H,6H2,1-2H3,(H,15,18)(H,16,17). The van der Waals surface area contributed by atoms with E-state index in [0.717, 1.165) is 17.5 Å². The van der Waals surface area contributed by atoms with Crippen LogP contribution in [-0.2, 0) is 16.4 Å². The number of sulfone groups is 1. The van der Waals surface area contributed by atoms with Gasteiger partial charge in [-0.05, 0) is 25.1 Å². The summed E-state index contributed by atoms with van der Waals surface area (Å²) in [6.07, 6.45) is 2.67. The molecule has 0 atom stereocenters. The molecule has 2 aromatic rings. The van der Waals surface area contributed by atoms with Crippen molar-refractivity contribution in [3.05, 3.63) is 46.2 Å². The van der Waals surface area contributed by atoms with E-state index in [0.29, 0.717) is 6.54 Å². The van der Waals surface area contributed by atoms with Crippen LogP contribution in [0.5, 0.6) is 0 Å². The summed E-state index contributed by atoms with van der Waals surface area (Å²) < 4.78 is 23.2. The summed E-state index contributed by atoms with van der Waals surface area (Å²) in [6.45, 7) is 2.15. The van der Waals surface area contributed by atoms with Crippen LogP contribution in [0.3, 0.4) is 0 Å². The van der Waals surface area contributed by atoms with E-state index < -0.39 is 9.84 Å². The molecular formula is C13H14ClN3O3S. The van der Waals surface area contributed by atoms with Crippen LogP contribution in [0.1, 0.15) is 21.6 Å². The Bertz CT molecular complexity index is 784. The Morgan fingerprint density at radius 3 is 2.71 bits per heavy atom. The number of carbonyl (C=O) groups excluding carboxylic acids is 1. The lowest BCUT2D eigenvalue weighted by atomic mass is 10.2. The molecule has 1 aromatic heterocycles. The number of hydrogen-bond donors (Lipinski definition) is 2. The molecule has 0 saturated carbocycles. The minimum Gasteiger partial charge on any atom is -0.348 e. The molecule has 0 bridgehead atoms. The average Bonchev–Trinajstić information content (AvgIpc) is 2.80. The van der Waals surface area contributed by atoms with Gasteiger partial charge in [0.05, 0.1) is 16.1 Å². The second-order valence-electron chi connectivity index (χ2n) is 4.62. The lowest BCUT2D eigenvalue weighted by Gasteiger charge is -2.07. The number of aromatic amines is 1. The summed E-state index contributed by atoms with van der Waals surface area (Å²) in [5.41, 5.74) is 1.96. The number of benzene rings is 1. The van der Waals surface area contributed by atoms with Crippen molar-refractivity contribution >= 4 is 27.3 Å². The number of halogens is 1. The number of carbonyl (C=O) groups is 1. The number of aryl methyl sites for hydroxylation is 1. The van der Waals surface area contributed by atoms with E-state index in [-0.39, 0.29) is 21.4 Å². The second-order valence-corrected chi connectivity index (χ2v) is 7.01. The predicted octanol–water partition coefficient (Wildman–Crippen LogP) is 1.71. The van der Waals surface area contributed by atoms with Crippen LogP contribution in [0.25, 0.3) is 0 Å². The van der Waals surface area contributed by atoms with E-state index in [1.165, 1.54) is 18.2 Å². The van der Waals surface area contributed by atoms with Crippen LogP contribution in [0, 0.1) is 6.92 Å². The van der Waals surface area contributed by atoms with Gasteiger partial charge in [-0.25, -0.2) is 8.42 Å². The van der Waals surface area contributed by atoms with Crippen LogP contribution in [-0.4, -0.2) is 30.8 Å². The van der Waals surface area contributed by atoms with Crippen LogP contribution in [0.15, 0.2) is 29.3 Å². The second kappa shape index (κ2) is 5.87. The first-order valence-electron chi connectivity index (χ1n) is 6.05. The molecule has 8 heteroatoms. The summed E-state index contributed by atoms with van der Waals surface area (Å²) in [4.78, 5) is 12.0. The Kier molecular flexibility index (Phi) is 4.34. The van der Waals surface area contributed by atoms with Crippen LogP contribution >= 0.6 is 11.6 Å². The maximum absolute atomic E-state index is 12.1. The first-order chi connectivity index (χ1) is 9.79. The first-order valence-corrected chi connectivity index (χ1v) is 8.32. The van der Waals surface area contributed by atoms with Crippen molar-refractivity contribution in [2.75, 3.05) is 6.26 Å². The third kappa shape index (κ3) is 3.62. The Hall–Kier alpha value is -1.86. The van der Waals surface area contributed by atoms with Crippen LogP contribution in [0.4, 0.5) is 0 Å². The average molecular weight is 328 g/mol. The molecule has 112 valence electrons. The highest BCUT2D eigenvalue weighted by atomic mass is 35.5. The fourth-order valence-electron chi connectivity index (χ4n) is 1.76. The third-order valence-electron chi connectivity index (χ3n) is 2.97. The van der Waals surface area contributed by atoms with Gasteiger partial charge >= 0.3 is 0 Å². The molecule has 1 aromatic carbocycles. The molecule has 0 aliphatic rings. The van der Waals surface area contributed by atoms with E-state index in [9.17, 15) is 13.2 Å². The topological polar surface area (TPSA) is 91.9 Å². The Balaban J connectivity index is 2.19. The van der Waals surface area contributed by atoms with Gasteiger partial charge in [0.15, 0.2) is 9.84 Å². The summed E-state index contributed by atoms with van der Waals surface area (Å²) in [6, 6.07) is 4.15. The number of hydrogen-bond acceptors (Lipinski definition) is 4. The molecular weight excluding hydrogens is 314 g/mol. The Morgan fingerprint density at radius 2 is 2.14 bits per heavy atom. The highest BCUT2D eigenvalue weighted by Crippen LogP contribution is 2.22. The molecule has 0 radical (unpaired) electrons. The minimum absolute atomic E-state index is 0.0590. The van der Waals surface area contributed by atoms with Gasteiger partial charge < -0.3 is 5.32 Å². The monoisotopic (exact) mass is 327 g/mol. The molecule has 2 rings (SSSR count). The van der Waals surface area contributed by atoms with Gasteiger partial charge in [-0.15, -0.1) is 0 Å². The SMILES string of the molecule is Cc1[nH]ncc1CNC(=O)c1ccc(Cl)c(S(C)(=O)=O)c1. The van der Waals surface area contributed by atoms with Gasteiger partial charge in [0, 0.05) is 29.6 Å². The van der Waals surface area contributed by atoms with E-state index in [1.54, 1.807) is 6.20 Å². The highest BCUT2D eigenvalue weighted by molar-refractivity contribution is 7.90. The molecule has 0 unspecified atom stereocenters. The van der Waals surface area contributed by atoms with Gasteiger partial charge in [0.25, 0.3) is 5.91 Å². The van der Waals surface area contributed by atoms with Crippen LogP contribution < -0.4 is 5.32 Å². The Morgan fingerprint density at radius 1 is 1.43 bits per heavy atom. The van der Waals surface area contributed by atoms with Gasteiger partial charge in [0.1, 0.15) is 0 Å². The number of nitrogens with one attached hydrogen (secondary N) is 2. The minimum atomic E-state index is -3.48. The largest absolute Gasteiger partial charge is 0.348 e. The number of amides is 1. The molecule has 21 heavy (non-hydrogen) atoms. The third-order valence-corrected chi connectivity index (χ3v) is 4.54. The van der Waals surface area contributed by atoms with Gasteiger partial charge in [-0.2, -0.15) is 5.10 Å². The molecule has 0 saturated heterocycles. The lowest BCUT2D eigenvalue weighted by molar-refractivity contribution is 0.0950. The molecule has 1 amide bonds. The van der Waals surface area contributed by atoms with Crippen LogP contribution in [0.2, 0.25) is 5.02 Å². The normalized spacial score (nSPS) is 11.4. The van der Waals surface area contributed by atoms with Gasteiger partial charge in [-0.1, -0.05) is 11.6 Å². The van der Waals surface area contributed by atoms with Crippen molar-refractivity contribution in [2.45, 2.75) is 18.4 Å². The fraction of sp³-hybridized carbons (Fsp3) is 0.231. The molecule has 1 heterocycles. The van der Waals surface area contributed by atoms with Crippen molar-refractivity contribution in [3.8, 4) is 0 Å². The van der Waals surface area contributed by atoms with Crippen molar-refractivity contribution in [3.63, 3.8) is 0 Å². The number of rotatable bonds is 4. The molecule has 0 fully saturated rings. The number of nitrogens with zero attached hydrogens (tertiary/aromatic N) is 1. The smallest absolute Gasteiger partial charge is 0.251 e. The zero-order valence-electron chi connectivity index (χ0n) is 11.5. The zero-order valence-corrected chi connectivity index (χ0v) is 13.0. The van der Waals surface area contributed by atoms with E-state index >= 15 is 0 Å². The quantitative estimate of drug-likeness (QED) is 0.894. The summed E-state index contributed by atoms with van der Waals surface area (Å²) in [5, 5.41) is 9.43. The maximum atomic E-state index is 12.1. The Labute approximate surface area is 127 Å². The highest BCUT2D eigenvalue weighted by Gasteiger charge is 2.16. The summed E-state index contributed by atoms with van der Waals surface area (Å²) >= 11 is 5.84. The maximum Gasteiger partial charge on any atom is 0.251 e. The molecule has 0 aliphatic heterocycles. The molecule has 0 aliphatic carbocycles. The van der Waals surface area contributed by atoms with Gasteiger partial charge in [0.2, 0.25) is 0 Å². The van der Waals surface area contributed by atoms with Gasteiger partial charge in [-0.3, -0.25) is 9.89 Å². The van der Waals surface area contributed by atoms with E-state index in [2.05, 4.69) is 15.5 Å². The molecule has 2 N–H and O–H groups in total. The van der Waals surface area contributed by atoms with Crippen molar-refractivity contribution in [1.82, 2.24) is 15.5 Å². The van der Waals surface area contributed by atoms with E-state index in [4.69, 9.17) is 11.6 Å². The first kappa shape index (κ1) is 15.5. The van der Waals surface area contributed by atoms with Crippen molar-refractivity contribution in [1.29, 1.82) is 0 Å². The number of aromatic nitrogens is 2. The lowest BCUT2D eigenvalue weighted by Crippen LogP contribution is -2.23.